The molecule has 2 rings (SSSR count). The third kappa shape index (κ3) is 7.33. The highest BCUT2D eigenvalue weighted by Gasteiger charge is 2.37. The monoisotopic (exact) mass is 537 g/mol. The van der Waals surface area contributed by atoms with Gasteiger partial charge in [-0.3, -0.25) is 4.99 Å². The van der Waals surface area contributed by atoms with E-state index in [4.69, 9.17) is 14.7 Å². The van der Waals surface area contributed by atoms with Gasteiger partial charge < -0.3 is 19.9 Å². The van der Waals surface area contributed by atoms with E-state index in [1.165, 1.54) is 25.7 Å². The van der Waals surface area contributed by atoms with Crippen LogP contribution in [0.2, 0.25) is 0 Å². The number of aromatic nitrogens is 1. The third-order valence-corrected chi connectivity index (χ3v) is 6.96. The standard InChI is InChI=1S/C21H39N5OS.HI/c1-8-22-20(23-15-21(25(4)5)11-9-10-16(2)12-21)26(6)13-18-14-28-19(24-18)17(3)27-7;/h14,16-17H,8-13,15H2,1-7H3,(H,22,23);1H. The summed E-state index contributed by atoms with van der Waals surface area (Å²) >= 11 is 1.66. The molecule has 0 aliphatic heterocycles. The molecule has 0 radical (unpaired) electrons. The van der Waals surface area contributed by atoms with Crippen LogP contribution >= 0.6 is 35.3 Å². The van der Waals surface area contributed by atoms with E-state index in [2.05, 4.69) is 55.5 Å². The number of nitrogens with zero attached hydrogens (tertiary/aromatic N) is 4. The highest BCUT2D eigenvalue weighted by Crippen LogP contribution is 2.36. The topological polar surface area (TPSA) is 53.0 Å². The van der Waals surface area contributed by atoms with Gasteiger partial charge in [-0.15, -0.1) is 35.3 Å². The van der Waals surface area contributed by atoms with Crippen LogP contribution in [-0.4, -0.2) is 67.6 Å². The summed E-state index contributed by atoms with van der Waals surface area (Å²) in [6.07, 6.45) is 5.11. The maximum Gasteiger partial charge on any atom is 0.194 e. The first-order chi connectivity index (χ1) is 13.3. The molecule has 29 heavy (non-hydrogen) atoms. The molecule has 0 bridgehead atoms. The lowest BCUT2D eigenvalue weighted by molar-refractivity contribution is 0.0842. The van der Waals surface area contributed by atoms with Crippen LogP contribution in [0.4, 0.5) is 0 Å². The van der Waals surface area contributed by atoms with Gasteiger partial charge in [0.1, 0.15) is 11.1 Å². The smallest absolute Gasteiger partial charge is 0.194 e. The lowest BCUT2D eigenvalue weighted by Crippen LogP contribution is -2.51. The zero-order chi connectivity index (χ0) is 20.7. The summed E-state index contributed by atoms with van der Waals surface area (Å²) in [5.74, 6) is 1.72. The number of rotatable bonds is 8. The molecule has 1 aromatic rings. The Balaban J connectivity index is 0.00000420. The number of methoxy groups -OCH3 is 1. The van der Waals surface area contributed by atoms with Gasteiger partial charge in [0.25, 0.3) is 0 Å². The second kappa shape index (κ2) is 12.4. The Morgan fingerprint density at radius 2 is 2.17 bits per heavy atom. The van der Waals surface area contributed by atoms with Crippen LogP contribution in [0, 0.1) is 5.92 Å². The Labute approximate surface area is 198 Å². The molecule has 1 aliphatic carbocycles. The SMILES string of the molecule is CCNC(=NCC1(N(C)C)CCCC(C)C1)N(C)Cc1csc(C(C)OC)n1.I. The Hall–Kier alpha value is -0.450. The first-order valence-corrected chi connectivity index (χ1v) is 11.3. The van der Waals surface area contributed by atoms with Crippen molar-refractivity contribution in [2.45, 2.75) is 64.6 Å². The average molecular weight is 538 g/mol. The van der Waals surface area contributed by atoms with E-state index in [1.54, 1.807) is 18.4 Å². The second-order valence-corrected chi connectivity index (χ2v) is 9.29. The van der Waals surface area contributed by atoms with Crippen molar-refractivity contribution in [3.05, 3.63) is 16.1 Å². The van der Waals surface area contributed by atoms with E-state index in [-0.39, 0.29) is 35.6 Å². The minimum Gasteiger partial charge on any atom is -0.375 e. The third-order valence-electron chi connectivity index (χ3n) is 5.91. The first kappa shape index (κ1) is 26.6. The van der Waals surface area contributed by atoms with Gasteiger partial charge in [-0.2, -0.15) is 0 Å². The van der Waals surface area contributed by atoms with Crippen LogP contribution in [0.5, 0.6) is 0 Å². The molecule has 1 heterocycles. The largest absolute Gasteiger partial charge is 0.375 e. The number of hydrogen-bond acceptors (Lipinski definition) is 5. The fourth-order valence-corrected chi connectivity index (χ4v) is 4.86. The molecule has 0 amide bonds. The van der Waals surface area contributed by atoms with Crippen LogP contribution in [0.25, 0.3) is 0 Å². The van der Waals surface area contributed by atoms with Crippen molar-refractivity contribution in [2.75, 3.05) is 41.3 Å². The van der Waals surface area contributed by atoms with E-state index < -0.39 is 0 Å². The van der Waals surface area contributed by atoms with Gasteiger partial charge in [0.05, 0.1) is 18.8 Å². The van der Waals surface area contributed by atoms with Crippen molar-refractivity contribution in [1.82, 2.24) is 20.1 Å². The van der Waals surface area contributed by atoms with Crippen molar-refractivity contribution >= 4 is 41.3 Å². The van der Waals surface area contributed by atoms with E-state index in [0.29, 0.717) is 0 Å². The van der Waals surface area contributed by atoms with Gasteiger partial charge in [-0.25, -0.2) is 4.98 Å². The summed E-state index contributed by atoms with van der Waals surface area (Å²) in [4.78, 5) is 14.4. The molecular formula is C21H40IN5OS. The van der Waals surface area contributed by atoms with Crippen molar-refractivity contribution in [3.63, 3.8) is 0 Å². The molecule has 1 aliphatic rings. The first-order valence-electron chi connectivity index (χ1n) is 10.4. The van der Waals surface area contributed by atoms with Gasteiger partial charge in [-0.1, -0.05) is 19.8 Å². The number of likely N-dealkylation sites (N-methyl/N-ethyl adjacent to an activating group) is 1. The lowest BCUT2D eigenvalue weighted by Gasteiger charge is -2.44. The lowest BCUT2D eigenvalue weighted by atomic mass is 9.75. The van der Waals surface area contributed by atoms with Crippen molar-refractivity contribution in [1.29, 1.82) is 0 Å². The fraction of sp³-hybridized carbons (Fsp3) is 0.810. The summed E-state index contributed by atoms with van der Waals surface area (Å²) < 4.78 is 5.38. The number of aliphatic imine (C=N–C) groups is 1. The molecular weight excluding hydrogens is 497 g/mol. The Morgan fingerprint density at radius 3 is 2.76 bits per heavy atom. The van der Waals surface area contributed by atoms with Crippen LogP contribution in [0.15, 0.2) is 10.4 Å². The summed E-state index contributed by atoms with van der Waals surface area (Å²) in [5.41, 5.74) is 1.23. The summed E-state index contributed by atoms with van der Waals surface area (Å²) in [6.45, 7) is 8.96. The quantitative estimate of drug-likeness (QED) is 0.303. The van der Waals surface area contributed by atoms with Crippen LogP contribution in [0.1, 0.15) is 63.3 Å². The van der Waals surface area contributed by atoms with E-state index in [1.807, 2.05) is 6.92 Å². The zero-order valence-electron chi connectivity index (χ0n) is 19.2. The van der Waals surface area contributed by atoms with Gasteiger partial charge in [-0.05, 0) is 46.7 Å². The Morgan fingerprint density at radius 1 is 1.45 bits per heavy atom. The van der Waals surface area contributed by atoms with Gasteiger partial charge in [0.15, 0.2) is 5.96 Å². The second-order valence-electron chi connectivity index (χ2n) is 8.40. The van der Waals surface area contributed by atoms with Crippen molar-refractivity contribution in [3.8, 4) is 0 Å². The Kier molecular flexibility index (Phi) is 11.4. The molecule has 1 fully saturated rings. The van der Waals surface area contributed by atoms with Crippen molar-refractivity contribution < 1.29 is 4.74 Å². The molecule has 168 valence electrons. The van der Waals surface area contributed by atoms with Crippen LogP contribution in [-0.2, 0) is 11.3 Å². The maximum absolute atomic E-state index is 5.38. The molecule has 3 atom stereocenters. The molecule has 8 heteroatoms. The molecule has 3 unspecified atom stereocenters. The number of hydrogen-bond donors (Lipinski definition) is 1. The van der Waals surface area contributed by atoms with Gasteiger partial charge >= 0.3 is 0 Å². The number of nitrogens with one attached hydrogen (secondary N) is 1. The minimum atomic E-state index is 0. The van der Waals surface area contributed by atoms with Crippen molar-refractivity contribution in [2.24, 2.45) is 10.9 Å². The molecule has 0 aromatic carbocycles. The predicted molar refractivity (Wildman–Crippen MR) is 134 cm³/mol. The average Bonchev–Trinajstić information content (AvgIpc) is 3.12. The zero-order valence-corrected chi connectivity index (χ0v) is 22.3. The predicted octanol–water partition coefficient (Wildman–Crippen LogP) is 4.38. The van der Waals surface area contributed by atoms with E-state index in [9.17, 15) is 0 Å². The van der Waals surface area contributed by atoms with Gasteiger partial charge in [0, 0.05) is 31.6 Å². The summed E-state index contributed by atoms with van der Waals surface area (Å²) in [7, 11) is 8.22. The molecule has 1 aromatic heterocycles. The number of halogens is 1. The molecule has 1 N–H and O–H groups in total. The van der Waals surface area contributed by atoms with E-state index >= 15 is 0 Å². The normalized spacial score (nSPS) is 23.6. The highest BCUT2D eigenvalue weighted by atomic mass is 127. The number of thiazole rings is 1. The van der Waals surface area contributed by atoms with E-state index in [0.717, 1.165) is 42.2 Å². The Bertz CT molecular complexity index is 638. The number of ether oxygens (including phenoxy) is 1. The van der Waals surface area contributed by atoms with Crippen LogP contribution in [0.3, 0.4) is 0 Å². The fourth-order valence-electron chi connectivity index (χ4n) is 4.02. The molecule has 6 nitrogen and oxygen atoms in total. The van der Waals surface area contributed by atoms with Crippen LogP contribution < -0.4 is 5.32 Å². The number of guanidine groups is 1. The maximum atomic E-state index is 5.38. The minimum absolute atomic E-state index is 0. The van der Waals surface area contributed by atoms with Gasteiger partial charge in [0.2, 0.25) is 0 Å². The molecule has 0 spiro atoms. The molecule has 1 saturated carbocycles. The highest BCUT2D eigenvalue weighted by molar-refractivity contribution is 14.0. The summed E-state index contributed by atoms with van der Waals surface area (Å²) in [6, 6.07) is 0. The summed E-state index contributed by atoms with van der Waals surface area (Å²) in [5, 5.41) is 6.60. The molecule has 0 saturated heterocycles.